The summed E-state index contributed by atoms with van der Waals surface area (Å²) in [4.78, 5) is 14.3. The van der Waals surface area contributed by atoms with Crippen LogP contribution in [0, 0.1) is 6.92 Å². The Bertz CT molecular complexity index is 675. The Balaban J connectivity index is 2.19. The fourth-order valence-electron chi connectivity index (χ4n) is 2.47. The van der Waals surface area contributed by atoms with Crippen molar-refractivity contribution in [3.05, 3.63) is 47.3 Å². The van der Waals surface area contributed by atoms with Gasteiger partial charge in [0.1, 0.15) is 11.4 Å². The van der Waals surface area contributed by atoms with E-state index in [0.29, 0.717) is 30.1 Å². The van der Waals surface area contributed by atoms with Gasteiger partial charge in [-0.3, -0.25) is 0 Å². The molecule has 1 aromatic heterocycles. The van der Waals surface area contributed by atoms with E-state index in [1.807, 2.05) is 37.3 Å². The number of aryl methyl sites for hydroxylation is 2. The van der Waals surface area contributed by atoms with Crippen molar-refractivity contribution in [2.75, 3.05) is 11.9 Å². The van der Waals surface area contributed by atoms with Gasteiger partial charge in [-0.05, 0) is 26.3 Å². The largest absolute Gasteiger partial charge is 0.389 e. The van der Waals surface area contributed by atoms with Crippen LogP contribution in [0.4, 0.5) is 10.5 Å². The molecule has 2 amide bonds. The zero-order valence-corrected chi connectivity index (χ0v) is 14.7. The fraction of sp³-hybridized carbons (Fsp3) is 0.444. The zero-order valence-electron chi connectivity index (χ0n) is 14.7. The molecule has 0 bridgehead atoms. The number of amides is 2. The standard InChI is InChI=1S/C18H25N3O3/c1-5-15-16(13(2)20-24-15)19-17(22)21(12-18(3,4)23)11-14-9-7-6-8-10-14/h6-10,23H,5,11-12H2,1-4H3,(H,19,22). The van der Waals surface area contributed by atoms with Gasteiger partial charge in [-0.25, -0.2) is 4.79 Å². The first-order chi connectivity index (χ1) is 11.3. The van der Waals surface area contributed by atoms with Crippen molar-refractivity contribution in [3.8, 4) is 0 Å². The summed E-state index contributed by atoms with van der Waals surface area (Å²) in [5, 5.41) is 16.9. The van der Waals surface area contributed by atoms with E-state index in [-0.39, 0.29) is 12.6 Å². The van der Waals surface area contributed by atoms with Crippen molar-refractivity contribution in [3.63, 3.8) is 0 Å². The maximum atomic E-state index is 12.7. The monoisotopic (exact) mass is 331 g/mol. The van der Waals surface area contributed by atoms with Gasteiger partial charge in [0, 0.05) is 13.0 Å². The van der Waals surface area contributed by atoms with Crippen LogP contribution in [0.2, 0.25) is 0 Å². The summed E-state index contributed by atoms with van der Waals surface area (Å²) in [6, 6.07) is 9.39. The van der Waals surface area contributed by atoms with Crippen molar-refractivity contribution in [2.45, 2.75) is 46.3 Å². The molecule has 2 N–H and O–H groups in total. The van der Waals surface area contributed by atoms with Gasteiger partial charge in [-0.1, -0.05) is 42.4 Å². The summed E-state index contributed by atoms with van der Waals surface area (Å²) in [7, 11) is 0. The second-order valence-electron chi connectivity index (χ2n) is 6.50. The third kappa shape index (κ3) is 4.83. The van der Waals surface area contributed by atoms with Gasteiger partial charge in [0.25, 0.3) is 0 Å². The average Bonchev–Trinajstić information content (AvgIpc) is 2.86. The van der Waals surface area contributed by atoms with Gasteiger partial charge in [0.2, 0.25) is 0 Å². The van der Waals surface area contributed by atoms with E-state index in [2.05, 4.69) is 10.5 Å². The second-order valence-corrected chi connectivity index (χ2v) is 6.50. The highest BCUT2D eigenvalue weighted by Gasteiger charge is 2.24. The van der Waals surface area contributed by atoms with E-state index in [1.54, 1.807) is 25.7 Å². The number of aromatic nitrogens is 1. The lowest BCUT2D eigenvalue weighted by atomic mass is 10.1. The van der Waals surface area contributed by atoms with Gasteiger partial charge >= 0.3 is 6.03 Å². The molecular formula is C18H25N3O3. The molecule has 0 saturated carbocycles. The molecule has 1 heterocycles. The van der Waals surface area contributed by atoms with Crippen molar-refractivity contribution in [2.24, 2.45) is 0 Å². The first-order valence-electron chi connectivity index (χ1n) is 8.07. The Hall–Kier alpha value is -2.34. The van der Waals surface area contributed by atoms with Crippen LogP contribution in [-0.4, -0.2) is 33.3 Å². The van der Waals surface area contributed by atoms with E-state index in [0.717, 1.165) is 5.56 Å². The van der Waals surface area contributed by atoms with Crippen LogP contribution in [0.3, 0.4) is 0 Å². The molecular weight excluding hydrogens is 306 g/mol. The second kappa shape index (κ2) is 7.49. The van der Waals surface area contributed by atoms with Crippen LogP contribution in [0.5, 0.6) is 0 Å². The normalized spacial score (nSPS) is 11.4. The molecule has 0 aliphatic heterocycles. The third-order valence-corrected chi connectivity index (χ3v) is 3.57. The number of urea groups is 1. The molecule has 0 atom stereocenters. The summed E-state index contributed by atoms with van der Waals surface area (Å²) in [5.74, 6) is 0.642. The number of carbonyl (C=O) groups is 1. The van der Waals surface area contributed by atoms with Gasteiger partial charge in [0.05, 0.1) is 12.1 Å². The van der Waals surface area contributed by atoms with Crippen molar-refractivity contribution < 1.29 is 14.4 Å². The van der Waals surface area contributed by atoms with Crippen LogP contribution in [0.25, 0.3) is 0 Å². The van der Waals surface area contributed by atoms with Crippen molar-refractivity contribution >= 4 is 11.7 Å². The molecule has 0 aliphatic carbocycles. The molecule has 0 saturated heterocycles. The molecule has 2 aromatic rings. The van der Waals surface area contributed by atoms with E-state index >= 15 is 0 Å². The lowest BCUT2D eigenvalue weighted by Gasteiger charge is -2.29. The summed E-state index contributed by atoms with van der Waals surface area (Å²) < 4.78 is 5.21. The molecule has 0 unspecified atom stereocenters. The van der Waals surface area contributed by atoms with Gasteiger partial charge in [-0.15, -0.1) is 0 Å². The lowest BCUT2D eigenvalue weighted by molar-refractivity contribution is 0.0469. The predicted octanol–water partition coefficient (Wildman–Crippen LogP) is 3.35. The minimum Gasteiger partial charge on any atom is -0.389 e. The predicted molar refractivity (Wildman–Crippen MR) is 92.8 cm³/mol. The average molecular weight is 331 g/mol. The molecule has 2 rings (SSSR count). The first kappa shape index (κ1) is 18.0. The summed E-state index contributed by atoms with van der Waals surface area (Å²) in [5.41, 5.74) is 1.25. The van der Waals surface area contributed by atoms with Gasteiger partial charge < -0.3 is 19.8 Å². The Morgan fingerprint density at radius 3 is 2.58 bits per heavy atom. The highest BCUT2D eigenvalue weighted by molar-refractivity contribution is 5.90. The van der Waals surface area contributed by atoms with Crippen LogP contribution >= 0.6 is 0 Å². The number of nitrogens with one attached hydrogen (secondary N) is 1. The van der Waals surface area contributed by atoms with Crippen LogP contribution in [-0.2, 0) is 13.0 Å². The third-order valence-electron chi connectivity index (χ3n) is 3.57. The Labute approximate surface area is 142 Å². The highest BCUT2D eigenvalue weighted by atomic mass is 16.5. The van der Waals surface area contributed by atoms with Crippen LogP contribution < -0.4 is 5.32 Å². The number of carbonyl (C=O) groups excluding carboxylic acids is 1. The number of hydrogen-bond acceptors (Lipinski definition) is 4. The van der Waals surface area contributed by atoms with E-state index in [9.17, 15) is 9.90 Å². The number of hydrogen-bond donors (Lipinski definition) is 2. The maximum absolute atomic E-state index is 12.7. The first-order valence-corrected chi connectivity index (χ1v) is 8.07. The number of nitrogens with zero attached hydrogens (tertiary/aromatic N) is 2. The SMILES string of the molecule is CCc1onc(C)c1NC(=O)N(Cc1ccccc1)CC(C)(C)O. The minimum absolute atomic E-state index is 0.208. The molecule has 130 valence electrons. The Morgan fingerprint density at radius 2 is 2.00 bits per heavy atom. The topological polar surface area (TPSA) is 78.6 Å². The molecule has 0 radical (unpaired) electrons. The molecule has 0 aliphatic rings. The molecule has 0 fully saturated rings. The van der Waals surface area contributed by atoms with E-state index in [1.165, 1.54) is 0 Å². The minimum atomic E-state index is -0.997. The van der Waals surface area contributed by atoms with Crippen LogP contribution in [0.1, 0.15) is 37.8 Å². The van der Waals surface area contributed by atoms with E-state index in [4.69, 9.17) is 4.52 Å². The summed E-state index contributed by atoms with van der Waals surface area (Å²) in [6.45, 7) is 7.70. The van der Waals surface area contributed by atoms with Crippen molar-refractivity contribution in [1.82, 2.24) is 10.1 Å². The van der Waals surface area contributed by atoms with Crippen molar-refractivity contribution in [1.29, 1.82) is 0 Å². The quantitative estimate of drug-likeness (QED) is 0.851. The zero-order chi connectivity index (χ0) is 17.7. The van der Waals surface area contributed by atoms with Crippen LogP contribution in [0.15, 0.2) is 34.9 Å². The number of benzene rings is 1. The summed E-state index contributed by atoms with van der Waals surface area (Å²) >= 11 is 0. The smallest absolute Gasteiger partial charge is 0.322 e. The lowest BCUT2D eigenvalue weighted by Crippen LogP contribution is -2.43. The van der Waals surface area contributed by atoms with Gasteiger partial charge in [0.15, 0.2) is 5.76 Å². The number of rotatable bonds is 6. The highest BCUT2D eigenvalue weighted by Crippen LogP contribution is 2.21. The Morgan fingerprint density at radius 1 is 1.33 bits per heavy atom. The molecule has 0 spiro atoms. The number of anilines is 1. The molecule has 6 heteroatoms. The fourth-order valence-corrected chi connectivity index (χ4v) is 2.47. The number of aliphatic hydroxyl groups is 1. The van der Waals surface area contributed by atoms with Gasteiger partial charge in [-0.2, -0.15) is 0 Å². The maximum Gasteiger partial charge on any atom is 0.322 e. The molecule has 1 aromatic carbocycles. The van der Waals surface area contributed by atoms with E-state index < -0.39 is 5.60 Å². The summed E-state index contributed by atoms with van der Waals surface area (Å²) in [6.07, 6.45) is 0.640. The molecule has 6 nitrogen and oxygen atoms in total. The Kier molecular flexibility index (Phi) is 5.62. The molecule has 24 heavy (non-hydrogen) atoms.